The van der Waals surface area contributed by atoms with Crippen LogP contribution in [0.1, 0.15) is 30.5 Å². The fourth-order valence-electron chi connectivity index (χ4n) is 2.92. The number of hydrogen-bond donors (Lipinski definition) is 1. The average Bonchev–Trinajstić information content (AvgIpc) is 2.38. The van der Waals surface area contributed by atoms with Gasteiger partial charge in [0, 0.05) is 26.2 Å². The molecule has 3 heteroatoms. The zero-order valence-corrected chi connectivity index (χ0v) is 11.3. The van der Waals surface area contributed by atoms with E-state index in [-0.39, 0.29) is 0 Å². The predicted octanol–water partition coefficient (Wildman–Crippen LogP) is 2.00. The van der Waals surface area contributed by atoms with Crippen LogP contribution in [0.15, 0.2) is 24.3 Å². The van der Waals surface area contributed by atoms with Crippen molar-refractivity contribution in [3.05, 3.63) is 35.4 Å². The van der Waals surface area contributed by atoms with Gasteiger partial charge in [0.15, 0.2) is 0 Å². The molecule has 0 saturated heterocycles. The van der Waals surface area contributed by atoms with E-state index in [0.29, 0.717) is 19.2 Å². The van der Waals surface area contributed by atoms with Crippen LogP contribution >= 0.6 is 0 Å². The molecule has 2 atom stereocenters. The number of rotatable bonds is 5. The van der Waals surface area contributed by atoms with Crippen LogP contribution in [0.4, 0.5) is 0 Å². The van der Waals surface area contributed by atoms with Gasteiger partial charge in [-0.2, -0.15) is 0 Å². The van der Waals surface area contributed by atoms with E-state index in [4.69, 9.17) is 4.74 Å². The van der Waals surface area contributed by atoms with Crippen molar-refractivity contribution in [1.29, 1.82) is 0 Å². The van der Waals surface area contributed by atoms with Crippen molar-refractivity contribution >= 4 is 0 Å². The van der Waals surface area contributed by atoms with Gasteiger partial charge in [0.2, 0.25) is 0 Å². The number of β-amino-alcohol motifs (C(OH)–C–C–N with tert-alkyl or cyclic N) is 1. The van der Waals surface area contributed by atoms with E-state index in [9.17, 15) is 5.11 Å². The molecule has 0 saturated carbocycles. The Kier molecular flexibility index (Phi) is 4.75. The lowest BCUT2D eigenvalue weighted by Crippen LogP contribution is -2.41. The quantitative estimate of drug-likeness (QED) is 0.866. The van der Waals surface area contributed by atoms with Crippen LogP contribution in [0.25, 0.3) is 0 Å². The van der Waals surface area contributed by atoms with Crippen molar-refractivity contribution < 1.29 is 9.84 Å². The Morgan fingerprint density at radius 2 is 2.22 bits per heavy atom. The summed E-state index contributed by atoms with van der Waals surface area (Å²) in [6.45, 7) is 4.34. The molecule has 100 valence electrons. The van der Waals surface area contributed by atoms with Gasteiger partial charge in [0.1, 0.15) is 0 Å². The van der Waals surface area contributed by atoms with Crippen LogP contribution in [0.5, 0.6) is 0 Å². The van der Waals surface area contributed by atoms with Crippen molar-refractivity contribution in [3.63, 3.8) is 0 Å². The minimum absolute atomic E-state index is 0.394. The molecule has 1 aromatic carbocycles. The Bertz CT molecular complexity index is 381. The molecule has 0 bridgehead atoms. The van der Waals surface area contributed by atoms with Gasteiger partial charge in [-0.15, -0.1) is 0 Å². The van der Waals surface area contributed by atoms with E-state index < -0.39 is 6.10 Å². The number of aliphatic hydroxyl groups excluding tert-OH is 1. The molecule has 1 N–H and O–H groups in total. The van der Waals surface area contributed by atoms with E-state index in [2.05, 4.69) is 36.1 Å². The Morgan fingerprint density at radius 3 is 2.94 bits per heavy atom. The minimum Gasteiger partial charge on any atom is -0.389 e. The smallest absolute Gasteiger partial charge is 0.0900 e. The van der Waals surface area contributed by atoms with E-state index in [1.807, 2.05) is 0 Å². The number of methoxy groups -OCH3 is 1. The Hall–Kier alpha value is -0.900. The van der Waals surface area contributed by atoms with Gasteiger partial charge in [-0.3, -0.25) is 4.90 Å². The molecule has 1 aliphatic heterocycles. The van der Waals surface area contributed by atoms with Crippen LogP contribution in [0.3, 0.4) is 0 Å². The zero-order chi connectivity index (χ0) is 13.0. The largest absolute Gasteiger partial charge is 0.389 e. The summed E-state index contributed by atoms with van der Waals surface area (Å²) in [7, 11) is 1.63. The van der Waals surface area contributed by atoms with E-state index in [1.54, 1.807) is 7.11 Å². The second-order valence-corrected chi connectivity index (χ2v) is 4.98. The van der Waals surface area contributed by atoms with Crippen molar-refractivity contribution in [2.75, 3.05) is 26.8 Å². The zero-order valence-electron chi connectivity index (χ0n) is 11.3. The first-order valence-corrected chi connectivity index (χ1v) is 6.75. The first-order chi connectivity index (χ1) is 8.76. The topological polar surface area (TPSA) is 32.7 Å². The van der Waals surface area contributed by atoms with Crippen LogP contribution in [-0.2, 0) is 11.2 Å². The molecule has 1 aliphatic rings. The molecule has 0 spiro atoms. The molecule has 18 heavy (non-hydrogen) atoms. The van der Waals surface area contributed by atoms with Crippen LogP contribution in [-0.4, -0.2) is 42.9 Å². The highest BCUT2D eigenvalue weighted by Gasteiger charge is 2.26. The highest BCUT2D eigenvalue weighted by molar-refractivity contribution is 5.32. The molecule has 0 amide bonds. The summed E-state index contributed by atoms with van der Waals surface area (Å²) >= 11 is 0. The summed E-state index contributed by atoms with van der Waals surface area (Å²) < 4.78 is 5.01. The first kappa shape index (κ1) is 13.5. The Morgan fingerprint density at radius 1 is 1.44 bits per heavy atom. The highest BCUT2D eigenvalue weighted by Crippen LogP contribution is 2.31. The number of aliphatic hydroxyl groups is 1. The van der Waals surface area contributed by atoms with Crippen molar-refractivity contribution in [3.8, 4) is 0 Å². The first-order valence-electron chi connectivity index (χ1n) is 6.75. The fourth-order valence-corrected chi connectivity index (χ4v) is 2.92. The molecule has 2 rings (SSSR count). The summed E-state index contributed by atoms with van der Waals surface area (Å²) in [6, 6.07) is 9.10. The molecule has 0 aromatic heterocycles. The Labute approximate surface area is 109 Å². The van der Waals surface area contributed by atoms with E-state index in [1.165, 1.54) is 11.1 Å². The SMILES string of the molecule is CCC1c2ccccc2CCN1CC(O)COC. The lowest BCUT2D eigenvalue weighted by atomic mass is 9.91. The average molecular weight is 249 g/mol. The van der Waals surface area contributed by atoms with Gasteiger partial charge in [-0.05, 0) is 24.0 Å². The normalized spacial score (nSPS) is 21.6. The summed E-state index contributed by atoms with van der Waals surface area (Å²) in [5, 5.41) is 9.90. The number of hydrogen-bond acceptors (Lipinski definition) is 3. The molecule has 0 aliphatic carbocycles. The summed E-state index contributed by atoms with van der Waals surface area (Å²) in [5.74, 6) is 0. The maximum atomic E-state index is 9.90. The minimum atomic E-state index is -0.394. The van der Waals surface area contributed by atoms with Gasteiger partial charge >= 0.3 is 0 Å². The maximum Gasteiger partial charge on any atom is 0.0900 e. The lowest BCUT2D eigenvalue weighted by Gasteiger charge is -2.37. The van der Waals surface area contributed by atoms with Crippen molar-refractivity contribution in [2.24, 2.45) is 0 Å². The second-order valence-electron chi connectivity index (χ2n) is 4.98. The molecule has 1 aromatic rings. The third kappa shape index (κ3) is 2.91. The van der Waals surface area contributed by atoms with E-state index >= 15 is 0 Å². The molecule has 0 fully saturated rings. The van der Waals surface area contributed by atoms with Crippen LogP contribution < -0.4 is 0 Å². The van der Waals surface area contributed by atoms with Gasteiger partial charge < -0.3 is 9.84 Å². The van der Waals surface area contributed by atoms with Crippen LogP contribution in [0.2, 0.25) is 0 Å². The second kappa shape index (κ2) is 6.32. The van der Waals surface area contributed by atoms with Gasteiger partial charge in [-0.25, -0.2) is 0 Å². The molecule has 1 heterocycles. The highest BCUT2D eigenvalue weighted by atomic mass is 16.5. The predicted molar refractivity (Wildman–Crippen MR) is 72.6 cm³/mol. The third-order valence-electron chi connectivity index (χ3n) is 3.71. The monoisotopic (exact) mass is 249 g/mol. The van der Waals surface area contributed by atoms with Crippen molar-refractivity contribution in [2.45, 2.75) is 31.9 Å². The number of nitrogens with zero attached hydrogens (tertiary/aromatic N) is 1. The van der Waals surface area contributed by atoms with Crippen LogP contribution in [0, 0.1) is 0 Å². The number of fused-ring (bicyclic) bond motifs is 1. The third-order valence-corrected chi connectivity index (χ3v) is 3.71. The van der Waals surface area contributed by atoms with Gasteiger partial charge in [-0.1, -0.05) is 31.2 Å². The number of ether oxygens (including phenoxy) is 1. The Balaban J connectivity index is 2.10. The fraction of sp³-hybridized carbons (Fsp3) is 0.600. The summed E-state index contributed by atoms with van der Waals surface area (Å²) in [6.07, 6.45) is 1.76. The molecule has 3 nitrogen and oxygen atoms in total. The molecule has 2 unspecified atom stereocenters. The standard InChI is InChI=1S/C15H23NO2/c1-3-15-14-7-5-4-6-12(14)8-9-16(15)10-13(17)11-18-2/h4-7,13,15,17H,3,8-11H2,1-2H3. The molecular formula is C15H23NO2. The summed E-state index contributed by atoms with van der Waals surface area (Å²) in [4.78, 5) is 2.38. The van der Waals surface area contributed by atoms with Gasteiger partial charge in [0.05, 0.1) is 12.7 Å². The summed E-state index contributed by atoms with van der Waals surface area (Å²) in [5.41, 5.74) is 2.89. The van der Waals surface area contributed by atoms with E-state index in [0.717, 1.165) is 19.4 Å². The van der Waals surface area contributed by atoms with Gasteiger partial charge in [0.25, 0.3) is 0 Å². The maximum absolute atomic E-state index is 9.90. The number of benzene rings is 1. The lowest BCUT2D eigenvalue weighted by molar-refractivity contribution is 0.0234. The molecule has 0 radical (unpaired) electrons. The van der Waals surface area contributed by atoms with Crippen molar-refractivity contribution in [1.82, 2.24) is 4.90 Å². The molecular weight excluding hydrogens is 226 g/mol.